The van der Waals surface area contributed by atoms with Crippen LogP contribution in [0.1, 0.15) is 86.1 Å². The maximum Gasteiger partial charge on any atom is 0.271 e. The number of phenols is 2. The summed E-state index contributed by atoms with van der Waals surface area (Å²) in [5, 5.41) is 61.1. The minimum absolute atomic E-state index is 0. The number of carbonyl (C=O) groups excluding carboxylic acids is 3. The fourth-order valence-electron chi connectivity index (χ4n) is 6.73. The number of amides is 1. The highest BCUT2D eigenvalue weighted by Crippen LogP contribution is 2.52. The van der Waals surface area contributed by atoms with Gasteiger partial charge in [-0.25, -0.2) is 5.43 Å². The van der Waals surface area contributed by atoms with E-state index in [0.29, 0.717) is 0 Å². The number of aliphatic hydroxyl groups is 2. The molecule has 2 aliphatic carbocycles. The number of benzene rings is 3. The number of nitro groups is 1. The Morgan fingerprint density at radius 3 is 2.47 bits per heavy atom. The summed E-state index contributed by atoms with van der Waals surface area (Å²) in [6.45, 7) is 2.97. The number of nitrogens with zero attached hydrogens (tertiary/aromatic N) is 2. The molecular weight excluding hydrogens is 692 g/mol. The van der Waals surface area contributed by atoms with Gasteiger partial charge in [0.25, 0.3) is 11.6 Å². The first-order chi connectivity index (χ1) is 23.7. The Morgan fingerprint density at radius 1 is 1.12 bits per heavy atom. The largest absolute Gasteiger partial charge is 0.507 e. The number of ether oxygens (including phenoxy) is 3. The third-order valence-electron chi connectivity index (χ3n) is 9.46. The first-order valence-corrected chi connectivity index (χ1v) is 15.6. The van der Waals surface area contributed by atoms with Crippen LogP contribution in [0, 0.1) is 10.1 Å². The van der Waals surface area contributed by atoms with Crippen LogP contribution in [0.5, 0.6) is 17.2 Å². The number of aliphatic hydroxyl groups excluding tert-OH is 1. The van der Waals surface area contributed by atoms with Crippen LogP contribution in [-0.2, 0) is 15.9 Å². The molecule has 0 saturated carbocycles. The van der Waals surface area contributed by atoms with Crippen molar-refractivity contribution in [3.8, 4) is 17.2 Å². The van der Waals surface area contributed by atoms with Gasteiger partial charge in [-0.05, 0) is 26.0 Å². The fourth-order valence-corrected chi connectivity index (χ4v) is 6.73. The van der Waals surface area contributed by atoms with E-state index in [0.717, 1.165) is 6.07 Å². The summed E-state index contributed by atoms with van der Waals surface area (Å²) in [7, 11) is 1.32. The van der Waals surface area contributed by atoms with Gasteiger partial charge in [0, 0.05) is 59.7 Å². The second-order valence-corrected chi connectivity index (χ2v) is 12.5. The molecule has 270 valence electrons. The first-order valence-electron chi connectivity index (χ1n) is 15.6. The van der Waals surface area contributed by atoms with Crippen molar-refractivity contribution in [3.63, 3.8) is 0 Å². The molecule has 1 saturated heterocycles. The second kappa shape index (κ2) is 14.0. The molecule has 0 bridgehead atoms. The molecule has 1 amide bonds. The molecule has 0 spiro atoms. The van der Waals surface area contributed by atoms with E-state index in [9.17, 15) is 44.9 Å². The molecule has 0 radical (unpaired) electrons. The fraction of sp³-hybridized carbons (Fsp3) is 0.353. The zero-order valence-corrected chi connectivity index (χ0v) is 28.3. The number of nitro benzene ring substituents is 1. The maximum absolute atomic E-state index is 13.9. The monoisotopic (exact) mass is 726 g/mol. The van der Waals surface area contributed by atoms with Crippen LogP contribution in [0.2, 0.25) is 0 Å². The number of aromatic hydroxyl groups is 2. The van der Waals surface area contributed by atoms with E-state index < -0.39 is 87.7 Å². The van der Waals surface area contributed by atoms with Crippen LogP contribution in [-0.4, -0.2) is 85.8 Å². The molecule has 1 aliphatic heterocycles. The van der Waals surface area contributed by atoms with Gasteiger partial charge in [0.15, 0.2) is 12.1 Å². The minimum Gasteiger partial charge on any atom is -0.507 e. The van der Waals surface area contributed by atoms with Gasteiger partial charge in [0.1, 0.15) is 22.8 Å². The van der Waals surface area contributed by atoms with Crippen LogP contribution in [0.15, 0.2) is 47.6 Å². The van der Waals surface area contributed by atoms with E-state index >= 15 is 0 Å². The Kier molecular flexibility index (Phi) is 10.2. The van der Waals surface area contributed by atoms with Gasteiger partial charge >= 0.3 is 0 Å². The van der Waals surface area contributed by atoms with Crippen molar-refractivity contribution in [2.75, 3.05) is 7.11 Å². The Bertz CT molecular complexity index is 1970. The summed E-state index contributed by atoms with van der Waals surface area (Å²) in [5.41, 5.74) is 4.58. The zero-order chi connectivity index (χ0) is 36.2. The van der Waals surface area contributed by atoms with Crippen LogP contribution in [0.3, 0.4) is 0 Å². The SMILES string of the molecule is COc1cccc2c1C(=O)c1c(O)c3c(c(O)c1C2=O)C[C@@](O)(/C(C)=N/NC(=O)c1cccc([N+](=O)[O-])c1)C[C@H]3O[C@H]1CC(N)[C@H](O)[C@H](C)O1.Cl. The first kappa shape index (κ1) is 37.3. The van der Waals surface area contributed by atoms with Gasteiger partial charge in [-0.2, -0.15) is 5.10 Å². The van der Waals surface area contributed by atoms with E-state index in [1.165, 1.54) is 50.4 Å². The van der Waals surface area contributed by atoms with Crippen molar-refractivity contribution in [2.45, 2.75) is 69.4 Å². The number of hydrogen-bond donors (Lipinski definition) is 6. The lowest BCUT2D eigenvalue weighted by atomic mass is 9.71. The van der Waals surface area contributed by atoms with Crippen LogP contribution in [0.4, 0.5) is 5.69 Å². The number of rotatable bonds is 7. The molecule has 16 nitrogen and oxygen atoms in total. The smallest absolute Gasteiger partial charge is 0.271 e. The number of hydrazone groups is 1. The number of ketones is 2. The van der Waals surface area contributed by atoms with Crippen molar-refractivity contribution < 1.29 is 53.9 Å². The highest BCUT2D eigenvalue weighted by atomic mass is 35.5. The number of nitrogens with two attached hydrogens (primary N) is 1. The van der Waals surface area contributed by atoms with Gasteiger partial charge in [-0.3, -0.25) is 24.5 Å². The normalized spacial score (nSPS) is 25.5. The number of fused-ring (bicyclic) bond motifs is 3. The molecule has 7 N–H and O–H groups in total. The molecule has 6 atom stereocenters. The van der Waals surface area contributed by atoms with Gasteiger partial charge in [-0.15, -0.1) is 12.4 Å². The molecule has 3 aromatic rings. The zero-order valence-electron chi connectivity index (χ0n) is 27.5. The molecular formula is C34H35ClN4O12. The van der Waals surface area contributed by atoms with E-state index in [1.54, 1.807) is 6.92 Å². The molecule has 1 fully saturated rings. The van der Waals surface area contributed by atoms with Crippen molar-refractivity contribution in [2.24, 2.45) is 10.8 Å². The standard InChI is InChI=1S/C34H34N4O12.ClH/c1-14-28(39)20(35)11-23(49-14)50-22-13-34(45,15(2)36-37-33(44)16-6-4-7-17(10-16)38(46)47)12-19-25(22)32(43)27-26(30(19)41)29(40)18-8-5-9-21(48-3)24(18)31(27)42;/h4-10,14,20,22-23,28,39,41,43,45H,11-13,35H2,1-3H3,(H,37,44);1H/b36-15+;/t14-,20?,22+,23-,28+,34-;/m0./s1. The number of nitrogens with one attached hydrogen (secondary N) is 1. The molecule has 17 heteroatoms. The van der Waals surface area contributed by atoms with Gasteiger partial charge < -0.3 is 40.4 Å². The molecule has 6 rings (SSSR count). The topological polar surface area (TPSA) is 253 Å². The Morgan fingerprint density at radius 2 is 1.80 bits per heavy atom. The van der Waals surface area contributed by atoms with Crippen LogP contribution < -0.4 is 15.9 Å². The van der Waals surface area contributed by atoms with Crippen molar-refractivity contribution >= 4 is 41.3 Å². The van der Waals surface area contributed by atoms with E-state index in [1.807, 2.05) is 0 Å². The highest BCUT2D eigenvalue weighted by Gasteiger charge is 2.49. The number of halogens is 1. The summed E-state index contributed by atoms with van der Waals surface area (Å²) in [5.74, 6) is -3.61. The minimum atomic E-state index is -2.00. The second-order valence-electron chi connectivity index (χ2n) is 12.5. The number of hydrogen-bond acceptors (Lipinski definition) is 14. The Labute approximate surface area is 296 Å². The summed E-state index contributed by atoms with van der Waals surface area (Å²) >= 11 is 0. The van der Waals surface area contributed by atoms with Crippen LogP contribution >= 0.6 is 12.4 Å². The predicted molar refractivity (Wildman–Crippen MR) is 181 cm³/mol. The van der Waals surface area contributed by atoms with Crippen molar-refractivity contribution in [3.05, 3.63) is 91.5 Å². The third kappa shape index (κ3) is 6.41. The van der Waals surface area contributed by atoms with E-state index in [4.69, 9.17) is 19.9 Å². The Hall–Kier alpha value is -4.97. The quantitative estimate of drug-likeness (QED) is 0.0694. The molecule has 51 heavy (non-hydrogen) atoms. The van der Waals surface area contributed by atoms with Gasteiger partial charge in [-0.1, -0.05) is 18.2 Å². The molecule has 3 aromatic carbocycles. The lowest BCUT2D eigenvalue weighted by Crippen LogP contribution is -2.52. The van der Waals surface area contributed by atoms with Gasteiger partial charge in [0.05, 0.1) is 52.7 Å². The van der Waals surface area contributed by atoms with Crippen molar-refractivity contribution in [1.29, 1.82) is 0 Å². The predicted octanol–water partition coefficient (Wildman–Crippen LogP) is 2.58. The van der Waals surface area contributed by atoms with Crippen LogP contribution in [0.25, 0.3) is 0 Å². The summed E-state index contributed by atoms with van der Waals surface area (Å²) in [6, 6.07) is 8.55. The maximum atomic E-state index is 13.9. The average Bonchev–Trinajstić information content (AvgIpc) is 3.09. The molecule has 3 aliphatic rings. The average molecular weight is 727 g/mol. The molecule has 1 unspecified atom stereocenters. The van der Waals surface area contributed by atoms with Crippen molar-refractivity contribution in [1.82, 2.24) is 5.43 Å². The number of non-ortho nitro benzene ring substituents is 1. The van der Waals surface area contributed by atoms with E-state index in [-0.39, 0.29) is 70.2 Å². The number of phenolic OH excluding ortho intramolecular Hbond substituents is 2. The van der Waals surface area contributed by atoms with E-state index in [2.05, 4.69) is 10.5 Å². The third-order valence-corrected chi connectivity index (χ3v) is 9.46. The lowest BCUT2D eigenvalue weighted by Gasteiger charge is -2.42. The number of carbonyl (C=O) groups is 3. The molecule has 0 aromatic heterocycles. The summed E-state index contributed by atoms with van der Waals surface area (Å²) in [4.78, 5) is 51.1. The van der Waals surface area contributed by atoms with Gasteiger partial charge in [0.2, 0.25) is 5.78 Å². The Balaban J connectivity index is 0.00000504. The number of methoxy groups -OCH3 is 1. The lowest BCUT2D eigenvalue weighted by molar-refractivity contribution is -0.384. The molecule has 1 heterocycles. The summed E-state index contributed by atoms with van der Waals surface area (Å²) in [6.07, 6.45) is -4.97. The highest BCUT2D eigenvalue weighted by molar-refractivity contribution is 6.31. The summed E-state index contributed by atoms with van der Waals surface area (Å²) < 4.78 is 17.4.